The van der Waals surface area contributed by atoms with Crippen LogP contribution >= 0.6 is 0 Å². The van der Waals surface area contributed by atoms with Crippen molar-refractivity contribution in [1.29, 1.82) is 0 Å². The van der Waals surface area contributed by atoms with Gasteiger partial charge < -0.3 is 4.52 Å². The van der Waals surface area contributed by atoms with Crippen molar-refractivity contribution >= 4 is 11.8 Å². The average molecular weight is 236 g/mol. The Bertz CT molecular complexity index is 410. The molecule has 0 fully saturated rings. The van der Waals surface area contributed by atoms with Crippen LogP contribution in [-0.2, 0) is 17.6 Å². The van der Waals surface area contributed by atoms with Crippen LogP contribution in [0.3, 0.4) is 0 Å². The Kier molecular flexibility index (Phi) is 3.50. The van der Waals surface area contributed by atoms with Crippen molar-refractivity contribution in [2.24, 2.45) is 11.8 Å². The number of hydrogen-bond acceptors (Lipinski definition) is 3. The Balaban J connectivity index is 2.07. The topological polar surface area (TPSA) is 55.1 Å². The number of nitrogens with zero attached hydrogens (tertiary/aromatic N) is 1. The minimum Gasteiger partial charge on any atom is -0.338 e. The van der Waals surface area contributed by atoms with Crippen LogP contribution in [0.4, 0.5) is 5.88 Å². The van der Waals surface area contributed by atoms with Gasteiger partial charge in [-0.05, 0) is 31.1 Å². The second-order valence-electron chi connectivity index (χ2n) is 5.43. The molecule has 1 atom stereocenters. The van der Waals surface area contributed by atoms with Crippen molar-refractivity contribution in [2.75, 3.05) is 5.32 Å². The quantitative estimate of drug-likeness (QED) is 0.878. The first-order valence-corrected chi connectivity index (χ1v) is 6.33. The average Bonchev–Trinajstić information content (AvgIpc) is 2.60. The molecule has 0 bridgehead atoms. The number of aryl methyl sites for hydroxylation is 1. The minimum atomic E-state index is 0.0113. The summed E-state index contributed by atoms with van der Waals surface area (Å²) in [5.74, 6) is 1.57. The lowest BCUT2D eigenvalue weighted by molar-refractivity contribution is -0.117. The van der Waals surface area contributed by atoms with E-state index in [0.717, 1.165) is 30.5 Å². The maximum Gasteiger partial charge on any atom is 0.234 e. The molecule has 4 heteroatoms. The number of rotatable bonds is 3. The highest BCUT2D eigenvalue weighted by molar-refractivity contribution is 5.90. The number of carbonyl (C=O) groups is 1. The van der Waals surface area contributed by atoms with E-state index < -0.39 is 0 Å². The number of anilines is 1. The monoisotopic (exact) mass is 236 g/mol. The number of aromatic nitrogens is 1. The molecule has 0 aromatic carbocycles. The third-order valence-electron chi connectivity index (χ3n) is 3.14. The van der Waals surface area contributed by atoms with Crippen molar-refractivity contribution in [3.05, 3.63) is 11.3 Å². The van der Waals surface area contributed by atoms with E-state index in [1.807, 2.05) is 13.8 Å². The SMILES string of the molecule is CC(C)CC(=O)Nc1onc2c1CC(C)CC2. The molecule has 0 spiro atoms. The summed E-state index contributed by atoms with van der Waals surface area (Å²) in [4.78, 5) is 11.7. The predicted molar refractivity (Wildman–Crippen MR) is 65.8 cm³/mol. The Hall–Kier alpha value is -1.32. The first-order valence-electron chi connectivity index (χ1n) is 6.33. The Morgan fingerprint density at radius 3 is 3.06 bits per heavy atom. The van der Waals surface area contributed by atoms with Crippen LogP contribution in [-0.4, -0.2) is 11.1 Å². The highest BCUT2D eigenvalue weighted by Gasteiger charge is 2.24. The van der Waals surface area contributed by atoms with Crippen molar-refractivity contribution in [2.45, 2.75) is 46.5 Å². The van der Waals surface area contributed by atoms with Gasteiger partial charge in [0, 0.05) is 12.0 Å². The molecule has 4 nitrogen and oxygen atoms in total. The van der Waals surface area contributed by atoms with E-state index in [2.05, 4.69) is 17.4 Å². The van der Waals surface area contributed by atoms with Crippen LogP contribution in [0.25, 0.3) is 0 Å². The lowest BCUT2D eigenvalue weighted by atomic mass is 9.89. The molecule has 17 heavy (non-hydrogen) atoms. The lowest BCUT2D eigenvalue weighted by Gasteiger charge is -2.16. The molecule has 1 aliphatic rings. The summed E-state index contributed by atoms with van der Waals surface area (Å²) < 4.78 is 5.24. The zero-order chi connectivity index (χ0) is 12.4. The lowest BCUT2D eigenvalue weighted by Crippen LogP contribution is -2.16. The van der Waals surface area contributed by atoms with Gasteiger partial charge in [0.2, 0.25) is 11.8 Å². The molecular formula is C13H20N2O2. The number of fused-ring (bicyclic) bond motifs is 1. The highest BCUT2D eigenvalue weighted by Crippen LogP contribution is 2.30. The van der Waals surface area contributed by atoms with E-state index in [1.165, 1.54) is 0 Å². The van der Waals surface area contributed by atoms with Gasteiger partial charge in [0.25, 0.3) is 0 Å². The first kappa shape index (κ1) is 12.1. The second kappa shape index (κ2) is 4.90. The van der Waals surface area contributed by atoms with E-state index in [-0.39, 0.29) is 5.91 Å². The van der Waals surface area contributed by atoms with Gasteiger partial charge in [-0.25, -0.2) is 0 Å². The van der Waals surface area contributed by atoms with E-state index in [4.69, 9.17) is 4.52 Å². The molecule has 2 rings (SSSR count). The summed E-state index contributed by atoms with van der Waals surface area (Å²) in [7, 11) is 0. The Labute approximate surface area is 102 Å². The smallest absolute Gasteiger partial charge is 0.234 e. The summed E-state index contributed by atoms with van der Waals surface area (Å²) in [6.45, 7) is 6.27. The van der Waals surface area contributed by atoms with Crippen LogP contribution in [0.2, 0.25) is 0 Å². The van der Waals surface area contributed by atoms with Crippen LogP contribution < -0.4 is 5.32 Å². The Morgan fingerprint density at radius 2 is 2.35 bits per heavy atom. The highest BCUT2D eigenvalue weighted by atomic mass is 16.5. The summed E-state index contributed by atoms with van der Waals surface area (Å²) >= 11 is 0. The van der Waals surface area contributed by atoms with Crippen molar-refractivity contribution in [3.8, 4) is 0 Å². The molecule has 0 saturated heterocycles. The molecule has 0 saturated carbocycles. The largest absolute Gasteiger partial charge is 0.338 e. The molecular weight excluding hydrogens is 216 g/mol. The predicted octanol–water partition coefficient (Wildman–Crippen LogP) is 2.78. The fourth-order valence-corrected chi connectivity index (χ4v) is 2.23. The summed E-state index contributed by atoms with van der Waals surface area (Å²) in [6, 6.07) is 0. The van der Waals surface area contributed by atoms with Crippen molar-refractivity contribution < 1.29 is 9.32 Å². The summed E-state index contributed by atoms with van der Waals surface area (Å²) in [5, 5.41) is 6.87. The fourth-order valence-electron chi connectivity index (χ4n) is 2.23. The first-order chi connectivity index (χ1) is 8.06. The van der Waals surface area contributed by atoms with E-state index in [9.17, 15) is 4.79 Å². The minimum absolute atomic E-state index is 0.0113. The molecule has 1 unspecified atom stereocenters. The molecule has 1 heterocycles. The van der Waals surface area contributed by atoms with E-state index in [0.29, 0.717) is 24.1 Å². The number of carbonyl (C=O) groups excluding carboxylic acids is 1. The van der Waals surface area contributed by atoms with Gasteiger partial charge in [-0.15, -0.1) is 0 Å². The normalized spacial score (nSPS) is 19.2. The molecule has 1 N–H and O–H groups in total. The van der Waals surface area contributed by atoms with Gasteiger partial charge in [-0.3, -0.25) is 10.1 Å². The maximum atomic E-state index is 11.7. The molecule has 1 aromatic heterocycles. The van der Waals surface area contributed by atoms with Crippen LogP contribution in [0.5, 0.6) is 0 Å². The van der Waals surface area contributed by atoms with Crippen LogP contribution in [0.1, 0.15) is 44.9 Å². The molecule has 1 amide bonds. The maximum absolute atomic E-state index is 11.7. The van der Waals surface area contributed by atoms with Crippen LogP contribution in [0, 0.1) is 11.8 Å². The summed E-state index contributed by atoms with van der Waals surface area (Å²) in [6.07, 6.45) is 3.58. The van der Waals surface area contributed by atoms with Gasteiger partial charge in [0.1, 0.15) is 0 Å². The molecule has 1 aromatic rings. The van der Waals surface area contributed by atoms with Gasteiger partial charge in [-0.1, -0.05) is 25.9 Å². The zero-order valence-corrected chi connectivity index (χ0v) is 10.7. The fraction of sp³-hybridized carbons (Fsp3) is 0.692. The van der Waals surface area contributed by atoms with Gasteiger partial charge in [-0.2, -0.15) is 0 Å². The summed E-state index contributed by atoms with van der Waals surface area (Å²) in [5.41, 5.74) is 2.11. The molecule has 0 radical (unpaired) electrons. The van der Waals surface area contributed by atoms with E-state index >= 15 is 0 Å². The van der Waals surface area contributed by atoms with Crippen molar-refractivity contribution in [1.82, 2.24) is 5.16 Å². The van der Waals surface area contributed by atoms with Gasteiger partial charge in [0.15, 0.2) is 0 Å². The second-order valence-corrected chi connectivity index (χ2v) is 5.43. The van der Waals surface area contributed by atoms with Crippen molar-refractivity contribution in [3.63, 3.8) is 0 Å². The standard InChI is InChI=1S/C13H20N2O2/c1-8(2)6-12(16)14-13-10-7-9(3)4-5-11(10)15-17-13/h8-9H,4-7H2,1-3H3,(H,14,16). The Morgan fingerprint density at radius 1 is 1.59 bits per heavy atom. The molecule has 0 aliphatic heterocycles. The van der Waals surface area contributed by atoms with E-state index in [1.54, 1.807) is 0 Å². The number of amides is 1. The van der Waals surface area contributed by atoms with Gasteiger partial charge in [0.05, 0.1) is 5.69 Å². The molecule has 1 aliphatic carbocycles. The number of nitrogens with one attached hydrogen (secondary N) is 1. The van der Waals surface area contributed by atoms with Crippen LogP contribution in [0.15, 0.2) is 4.52 Å². The third-order valence-corrected chi connectivity index (χ3v) is 3.14. The molecule has 94 valence electrons. The zero-order valence-electron chi connectivity index (χ0n) is 10.7. The van der Waals surface area contributed by atoms with Gasteiger partial charge >= 0.3 is 0 Å². The third kappa shape index (κ3) is 2.87. The number of hydrogen-bond donors (Lipinski definition) is 1.